The van der Waals surface area contributed by atoms with Gasteiger partial charge in [-0.25, -0.2) is 0 Å². The fourth-order valence-electron chi connectivity index (χ4n) is 1.38. The molecule has 0 radical (unpaired) electrons. The predicted molar refractivity (Wildman–Crippen MR) is 60.1 cm³/mol. The molecule has 0 N–H and O–H groups in total. The van der Waals surface area contributed by atoms with E-state index in [0.717, 1.165) is 0 Å². The SMILES string of the molecule is CCCCCCCCCCC.[NaH]. The minimum atomic E-state index is 0. The first-order valence-electron chi connectivity index (χ1n) is 5.41. The standard InChI is InChI=1S/C11H24.Na.H/c1-3-5-7-9-11-10-8-6-4-2;;/h3-11H2,1-2H3;;. The summed E-state index contributed by atoms with van der Waals surface area (Å²) < 4.78 is 0. The van der Waals surface area contributed by atoms with Crippen LogP contribution in [0, 0.1) is 0 Å². The van der Waals surface area contributed by atoms with Crippen LogP contribution in [0.15, 0.2) is 0 Å². The van der Waals surface area contributed by atoms with Gasteiger partial charge in [0.05, 0.1) is 0 Å². The van der Waals surface area contributed by atoms with Crippen LogP contribution in [0.1, 0.15) is 71.6 Å². The molecule has 70 valence electrons. The van der Waals surface area contributed by atoms with E-state index < -0.39 is 0 Å². The molecule has 0 spiro atoms. The quantitative estimate of drug-likeness (QED) is 0.393. The second-order valence-electron chi connectivity index (χ2n) is 3.47. The van der Waals surface area contributed by atoms with E-state index in [1.54, 1.807) is 0 Å². The summed E-state index contributed by atoms with van der Waals surface area (Å²) in [6.45, 7) is 4.55. The first-order chi connectivity index (χ1) is 5.41. The van der Waals surface area contributed by atoms with Gasteiger partial charge in [-0.3, -0.25) is 0 Å². The van der Waals surface area contributed by atoms with Gasteiger partial charge in [0, 0.05) is 0 Å². The van der Waals surface area contributed by atoms with Crippen LogP contribution in [0.5, 0.6) is 0 Å². The summed E-state index contributed by atoms with van der Waals surface area (Å²) in [7, 11) is 0. The van der Waals surface area contributed by atoms with Gasteiger partial charge in [-0.15, -0.1) is 0 Å². The van der Waals surface area contributed by atoms with Crippen molar-refractivity contribution in [1.82, 2.24) is 0 Å². The van der Waals surface area contributed by atoms with Crippen molar-refractivity contribution in [2.24, 2.45) is 0 Å². The number of hydrogen-bond donors (Lipinski definition) is 0. The molecule has 0 saturated heterocycles. The zero-order valence-electron chi connectivity index (χ0n) is 8.36. The zero-order valence-corrected chi connectivity index (χ0v) is 8.36. The molecule has 0 aromatic heterocycles. The summed E-state index contributed by atoms with van der Waals surface area (Å²) in [6.07, 6.45) is 13.0. The van der Waals surface area contributed by atoms with Crippen molar-refractivity contribution in [2.75, 3.05) is 0 Å². The van der Waals surface area contributed by atoms with Gasteiger partial charge >= 0.3 is 29.6 Å². The van der Waals surface area contributed by atoms with Crippen molar-refractivity contribution in [3.63, 3.8) is 0 Å². The van der Waals surface area contributed by atoms with E-state index in [-0.39, 0.29) is 29.6 Å². The van der Waals surface area contributed by atoms with E-state index in [4.69, 9.17) is 0 Å². The Labute approximate surface area is 101 Å². The van der Waals surface area contributed by atoms with Crippen molar-refractivity contribution in [2.45, 2.75) is 71.6 Å². The Morgan fingerprint density at radius 3 is 1.00 bits per heavy atom. The number of unbranched alkanes of at least 4 members (excludes halogenated alkanes) is 8. The van der Waals surface area contributed by atoms with Crippen molar-refractivity contribution in [3.05, 3.63) is 0 Å². The molecular weight excluding hydrogens is 155 g/mol. The van der Waals surface area contributed by atoms with Crippen LogP contribution >= 0.6 is 0 Å². The molecule has 0 aliphatic carbocycles. The molecule has 0 saturated carbocycles. The Bertz CT molecular complexity index is 54.0. The molecule has 12 heavy (non-hydrogen) atoms. The topological polar surface area (TPSA) is 0 Å². The van der Waals surface area contributed by atoms with E-state index in [1.165, 1.54) is 57.8 Å². The molecule has 0 aromatic carbocycles. The molecule has 0 unspecified atom stereocenters. The van der Waals surface area contributed by atoms with Crippen LogP contribution in [-0.4, -0.2) is 29.6 Å². The molecule has 0 rings (SSSR count). The first-order valence-corrected chi connectivity index (χ1v) is 5.41. The van der Waals surface area contributed by atoms with Gasteiger partial charge < -0.3 is 0 Å². The minimum absolute atomic E-state index is 0. The second kappa shape index (κ2) is 14.5. The fourth-order valence-corrected chi connectivity index (χ4v) is 1.38. The molecule has 0 aromatic rings. The van der Waals surface area contributed by atoms with Crippen molar-refractivity contribution in [1.29, 1.82) is 0 Å². The Morgan fingerprint density at radius 2 is 0.750 bits per heavy atom. The molecule has 0 atom stereocenters. The predicted octanol–water partition coefficient (Wildman–Crippen LogP) is 3.89. The molecule has 0 fully saturated rings. The van der Waals surface area contributed by atoms with Gasteiger partial charge in [-0.05, 0) is 0 Å². The Kier molecular flexibility index (Phi) is 18.7. The van der Waals surface area contributed by atoms with E-state index in [9.17, 15) is 0 Å². The summed E-state index contributed by atoms with van der Waals surface area (Å²) in [5.41, 5.74) is 0. The van der Waals surface area contributed by atoms with E-state index in [1.807, 2.05) is 0 Å². The molecule has 0 heterocycles. The van der Waals surface area contributed by atoms with Gasteiger partial charge in [0.1, 0.15) is 0 Å². The van der Waals surface area contributed by atoms with Crippen molar-refractivity contribution < 1.29 is 0 Å². The average Bonchev–Trinajstić information content (AvgIpc) is 2.03. The van der Waals surface area contributed by atoms with Crippen molar-refractivity contribution >= 4 is 29.6 Å². The zero-order chi connectivity index (χ0) is 8.36. The summed E-state index contributed by atoms with van der Waals surface area (Å²) >= 11 is 0. The summed E-state index contributed by atoms with van der Waals surface area (Å²) in [5.74, 6) is 0. The van der Waals surface area contributed by atoms with Crippen LogP contribution in [0.3, 0.4) is 0 Å². The van der Waals surface area contributed by atoms with Gasteiger partial charge in [0.15, 0.2) is 0 Å². The summed E-state index contributed by atoms with van der Waals surface area (Å²) in [5, 5.41) is 0. The van der Waals surface area contributed by atoms with Gasteiger partial charge in [-0.1, -0.05) is 71.6 Å². The number of hydrogen-bond acceptors (Lipinski definition) is 0. The Balaban J connectivity index is 0. The van der Waals surface area contributed by atoms with E-state index in [0.29, 0.717) is 0 Å². The third kappa shape index (κ3) is 13.6. The van der Waals surface area contributed by atoms with Crippen LogP contribution in [-0.2, 0) is 0 Å². The first kappa shape index (κ1) is 15.5. The molecule has 0 bridgehead atoms. The average molecular weight is 180 g/mol. The van der Waals surface area contributed by atoms with E-state index in [2.05, 4.69) is 13.8 Å². The molecule has 0 aliphatic heterocycles. The molecule has 1 heteroatoms. The van der Waals surface area contributed by atoms with Crippen molar-refractivity contribution in [3.8, 4) is 0 Å². The molecular formula is C11H25Na. The van der Waals surface area contributed by atoms with E-state index >= 15 is 0 Å². The fraction of sp³-hybridized carbons (Fsp3) is 1.00. The molecule has 0 aliphatic rings. The normalized spacial score (nSPS) is 9.50. The maximum atomic E-state index is 2.27. The van der Waals surface area contributed by atoms with Crippen LogP contribution < -0.4 is 0 Å². The maximum absolute atomic E-state index is 2.27. The number of rotatable bonds is 8. The Hall–Kier alpha value is 1.00. The van der Waals surface area contributed by atoms with Gasteiger partial charge in [-0.2, -0.15) is 0 Å². The summed E-state index contributed by atoms with van der Waals surface area (Å²) in [6, 6.07) is 0. The molecule has 0 amide bonds. The van der Waals surface area contributed by atoms with Gasteiger partial charge in [0.2, 0.25) is 0 Å². The van der Waals surface area contributed by atoms with Gasteiger partial charge in [0.25, 0.3) is 0 Å². The van der Waals surface area contributed by atoms with Crippen LogP contribution in [0.2, 0.25) is 0 Å². The monoisotopic (exact) mass is 180 g/mol. The third-order valence-corrected chi connectivity index (χ3v) is 2.21. The van der Waals surface area contributed by atoms with Crippen LogP contribution in [0.25, 0.3) is 0 Å². The summed E-state index contributed by atoms with van der Waals surface area (Å²) in [4.78, 5) is 0. The van der Waals surface area contributed by atoms with Crippen LogP contribution in [0.4, 0.5) is 0 Å². The molecule has 0 nitrogen and oxygen atoms in total. The Morgan fingerprint density at radius 1 is 0.500 bits per heavy atom. The third-order valence-electron chi connectivity index (χ3n) is 2.21. The second-order valence-corrected chi connectivity index (χ2v) is 3.47.